The van der Waals surface area contributed by atoms with Crippen LogP contribution in [0.25, 0.3) is 0 Å². The monoisotopic (exact) mass is 368 g/mol. The van der Waals surface area contributed by atoms with Crippen molar-refractivity contribution in [2.45, 2.75) is 5.75 Å². The maximum absolute atomic E-state index is 13.2. The van der Waals surface area contributed by atoms with E-state index in [9.17, 15) is 19.3 Å². The maximum atomic E-state index is 13.2. The lowest BCUT2D eigenvalue weighted by Gasteiger charge is -2.06. The first-order valence-electron chi connectivity index (χ1n) is 7.01. The summed E-state index contributed by atoms with van der Waals surface area (Å²) in [4.78, 5) is 21.7. The highest BCUT2D eigenvalue weighted by molar-refractivity contribution is 7.98. The van der Waals surface area contributed by atoms with Crippen LogP contribution in [-0.2, 0) is 5.75 Å². The molecule has 8 heteroatoms. The van der Waals surface area contributed by atoms with Gasteiger partial charge in [-0.15, -0.1) is 0 Å². The first-order valence-corrected chi connectivity index (χ1v) is 8.55. The zero-order valence-electron chi connectivity index (χ0n) is 12.5. The van der Waals surface area contributed by atoms with Gasteiger partial charge in [-0.05, 0) is 29.8 Å². The second-order valence-corrected chi connectivity index (χ2v) is 6.40. The Bertz CT molecular complexity index is 741. The van der Waals surface area contributed by atoms with Crippen LogP contribution in [0, 0.1) is 15.9 Å². The van der Waals surface area contributed by atoms with Crippen LogP contribution < -0.4 is 5.32 Å². The summed E-state index contributed by atoms with van der Waals surface area (Å²) < 4.78 is 13.2. The number of nitrogens with one attached hydrogen (secondary N) is 1. The van der Waals surface area contributed by atoms with Gasteiger partial charge in [0.05, 0.1) is 4.92 Å². The summed E-state index contributed by atoms with van der Waals surface area (Å²) in [6, 6.07) is 10.6. The van der Waals surface area contributed by atoms with Gasteiger partial charge in [0.2, 0.25) is 5.82 Å². The quantitative estimate of drug-likeness (QED) is 0.454. The molecule has 1 amide bonds. The van der Waals surface area contributed by atoms with Crippen LogP contribution in [0.2, 0.25) is 5.02 Å². The van der Waals surface area contributed by atoms with E-state index in [0.29, 0.717) is 17.3 Å². The van der Waals surface area contributed by atoms with Crippen LogP contribution in [-0.4, -0.2) is 23.1 Å². The molecule has 0 aliphatic carbocycles. The molecule has 5 nitrogen and oxygen atoms in total. The topological polar surface area (TPSA) is 72.2 Å². The van der Waals surface area contributed by atoms with Gasteiger partial charge in [0.15, 0.2) is 0 Å². The predicted molar refractivity (Wildman–Crippen MR) is 93.0 cm³/mol. The number of hydrogen-bond donors (Lipinski definition) is 1. The predicted octanol–water partition coefficient (Wildman–Crippen LogP) is 4.05. The number of rotatable bonds is 7. The summed E-state index contributed by atoms with van der Waals surface area (Å²) in [7, 11) is 0. The lowest BCUT2D eigenvalue weighted by molar-refractivity contribution is -0.387. The molecular weight excluding hydrogens is 355 g/mol. The molecule has 0 fully saturated rings. The Morgan fingerprint density at radius 2 is 1.96 bits per heavy atom. The molecule has 0 saturated carbocycles. The summed E-state index contributed by atoms with van der Waals surface area (Å²) in [6.45, 7) is 0.405. The van der Waals surface area contributed by atoms with Crippen LogP contribution in [0.5, 0.6) is 0 Å². The number of halogens is 2. The molecule has 0 spiro atoms. The van der Waals surface area contributed by atoms with Crippen molar-refractivity contribution in [1.29, 1.82) is 0 Å². The molecule has 0 saturated heterocycles. The largest absolute Gasteiger partial charge is 0.351 e. The van der Waals surface area contributed by atoms with Crippen LogP contribution in [0.4, 0.5) is 10.1 Å². The minimum atomic E-state index is -0.963. The Labute approximate surface area is 147 Å². The van der Waals surface area contributed by atoms with Crippen molar-refractivity contribution in [3.8, 4) is 0 Å². The lowest BCUT2D eigenvalue weighted by atomic mass is 10.2. The van der Waals surface area contributed by atoms with Crippen LogP contribution in [0.3, 0.4) is 0 Å². The molecule has 0 radical (unpaired) electrons. The molecular formula is C16H14ClFN2O3S. The van der Waals surface area contributed by atoms with Crippen molar-refractivity contribution in [1.82, 2.24) is 5.32 Å². The normalized spacial score (nSPS) is 10.4. The van der Waals surface area contributed by atoms with E-state index in [-0.39, 0.29) is 5.56 Å². The number of benzene rings is 2. The van der Waals surface area contributed by atoms with Gasteiger partial charge in [0.25, 0.3) is 5.91 Å². The molecule has 0 aliphatic heterocycles. The lowest BCUT2D eigenvalue weighted by Crippen LogP contribution is -2.25. The van der Waals surface area contributed by atoms with Crippen molar-refractivity contribution in [2.75, 3.05) is 12.3 Å². The molecule has 0 aromatic heterocycles. The minimum Gasteiger partial charge on any atom is -0.351 e. The summed E-state index contributed by atoms with van der Waals surface area (Å²) in [5.74, 6) is 0.0347. The molecule has 0 atom stereocenters. The van der Waals surface area contributed by atoms with Gasteiger partial charge in [-0.25, -0.2) is 0 Å². The van der Waals surface area contributed by atoms with Crippen LogP contribution in [0.15, 0.2) is 42.5 Å². The Morgan fingerprint density at radius 1 is 1.25 bits per heavy atom. The first-order chi connectivity index (χ1) is 11.5. The molecule has 0 aliphatic rings. The smallest absolute Gasteiger partial charge is 0.305 e. The van der Waals surface area contributed by atoms with E-state index >= 15 is 0 Å². The number of amides is 1. The number of carbonyl (C=O) groups is 1. The summed E-state index contributed by atoms with van der Waals surface area (Å²) >= 11 is 7.44. The molecule has 24 heavy (non-hydrogen) atoms. The average Bonchev–Trinajstić information content (AvgIpc) is 2.56. The molecule has 0 unspecified atom stereocenters. The van der Waals surface area contributed by atoms with Crippen molar-refractivity contribution in [3.05, 3.63) is 74.5 Å². The molecule has 2 rings (SSSR count). The molecule has 1 N–H and O–H groups in total. The molecule has 2 aromatic rings. The van der Waals surface area contributed by atoms with Crippen molar-refractivity contribution >= 4 is 35.0 Å². The van der Waals surface area contributed by atoms with Gasteiger partial charge in [-0.3, -0.25) is 14.9 Å². The van der Waals surface area contributed by atoms with Crippen LogP contribution >= 0.6 is 23.4 Å². The van der Waals surface area contributed by atoms with E-state index in [1.54, 1.807) is 11.8 Å². The van der Waals surface area contributed by atoms with E-state index < -0.39 is 22.3 Å². The highest BCUT2D eigenvalue weighted by Gasteiger charge is 2.17. The Hall–Kier alpha value is -2.12. The third-order valence-electron chi connectivity index (χ3n) is 3.12. The third-order valence-corrected chi connectivity index (χ3v) is 4.40. The molecule has 0 bridgehead atoms. The Balaban J connectivity index is 1.78. The number of hydrogen-bond acceptors (Lipinski definition) is 4. The molecule has 0 heterocycles. The summed E-state index contributed by atoms with van der Waals surface area (Å²) in [5.41, 5.74) is 0.482. The summed E-state index contributed by atoms with van der Waals surface area (Å²) in [5, 5.41) is 14.0. The zero-order chi connectivity index (χ0) is 17.5. The van der Waals surface area contributed by atoms with Gasteiger partial charge < -0.3 is 5.32 Å². The number of nitrogens with zero attached hydrogens (tertiary/aromatic N) is 1. The van der Waals surface area contributed by atoms with Crippen molar-refractivity contribution in [2.24, 2.45) is 0 Å². The van der Waals surface area contributed by atoms with E-state index in [1.807, 2.05) is 24.3 Å². The van der Waals surface area contributed by atoms with Crippen LogP contribution in [0.1, 0.15) is 15.9 Å². The fraction of sp³-hybridized carbons (Fsp3) is 0.188. The fourth-order valence-electron chi connectivity index (χ4n) is 1.90. The minimum absolute atomic E-state index is 0.0609. The highest BCUT2D eigenvalue weighted by Crippen LogP contribution is 2.18. The first kappa shape index (κ1) is 18.2. The van der Waals surface area contributed by atoms with Gasteiger partial charge in [-0.1, -0.05) is 23.7 Å². The van der Waals surface area contributed by atoms with E-state index in [4.69, 9.17) is 11.6 Å². The van der Waals surface area contributed by atoms with E-state index in [1.165, 1.54) is 6.07 Å². The number of thioether (sulfide) groups is 1. The molecule has 126 valence electrons. The van der Waals surface area contributed by atoms with Gasteiger partial charge >= 0.3 is 5.69 Å². The van der Waals surface area contributed by atoms with E-state index in [2.05, 4.69) is 5.32 Å². The van der Waals surface area contributed by atoms with Gasteiger partial charge in [-0.2, -0.15) is 16.2 Å². The highest BCUT2D eigenvalue weighted by atomic mass is 35.5. The zero-order valence-corrected chi connectivity index (χ0v) is 14.1. The average molecular weight is 369 g/mol. The van der Waals surface area contributed by atoms with Crippen molar-refractivity contribution in [3.63, 3.8) is 0 Å². The fourth-order valence-corrected chi connectivity index (χ4v) is 2.85. The van der Waals surface area contributed by atoms with Gasteiger partial charge in [0, 0.05) is 34.7 Å². The standard InChI is InChI=1S/C16H14ClFN2O3S/c17-13-4-1-11(2-5-13)10-24-8-7-19-16(21)12-3-6-14(18)15(9-12)20(22)23/h1-6,9H,7-8,10H2,(H,19,21). The Morgan fingerprint density at radius 3 is 2.62 bits per heavy atom. The second kappa shape index (κ2) is 8.65. The summed E-state index contributed by atoms with van der Waals surface area (Å²) in [6.07, 6.45) is 0. The third kappa shape index (κ3) is 5.21. The number of carbonyl (C=O) groups excluding carboxylic acids is 1. The maximum Gasteiger partial charge on any atom is 0.305 e. The van der Waals surface area contributed by atoms with Crippen molar-refractivity contribution < 1.29 is 14.1 Å². The molecule has 2 aromatic carbocycles. The van der Waals surface area contributed by atoms with E-state index in [0.717, 1.165) is 23.4 Å². The SMILES string of the molecule is O=C(NCCSCc1ccc(Cl)cc1)c1ccc(F)c([N+](=O)[O-])c1. The Kier molecular flexibility index (Phi) is 6.57. The number of nitro benzene ring substituents is 1. The number of nitro groups is 1. The van der Waals surface area contributed by atoms with Gasteiger partial charge in [0.1, 0.15) is 0 Å². The second-order valence-electron chi connectivity index (χ2n) is 4.86.